The molecule has 1 atom stereocenters. The summed E-state index contributed by atoms with van der Waals surface area (Å²) in [5.74, 6) is -0.384. The van der Waals surface area contributed by atoms with Gasteiger partial charge in [0.25, 0.3) is 5.91 Å². The van der Waals surface area contributed by atoms with Crippen molar-refractivity contribution < 1.29 is 22.7 Å². The van der Waals surface area contributed by atoms with Crippen LogP contribution in [-0.2, 0) is 19.6 Å². The Morgan fingerprint density at radius 2 is 2.04 bits per heavy atom. The van der Waals surface area contributed by atoms with Crippen molar-refractivity contribution in [3.8, 4) is 0 Å². The van der Waals surface area contributed by atoms with Crippen LogP contribution in [0.3, 0.4) is 0 Å². The number of aryl methyl sites for hydroxylation is 1. The summed E-state index contributed by atoms with van der Waals surface area (Å²) in [4.78, 5) is 26.5. The van der Waals surface area contributed by atoms with E-state index in [0.717, 1.165) is 31.1 Å². The number of hydrogen-bond donors (Lipinski definition) is 1. The van der Waals surface area contributed by atoms with Gasteiger partial charge in [-0.2, -0.15) is 0 Å². The van der Waals surface area contributed by atoms with Crippen LogP contribution in [0.5, 0.6) is 0 Å². The third-order valence-electron chi connectivity index (χ3n) is 4.65. The lowest BCUT2D eigenvalue weighted by molar-refractivity contribution is -0.143. The minimum Gasteiger partial charge on any atom is -0.466 e. The number of amides is 1. The van der Waals surface area contributed by atoms with E-state index in [1.165, 1.54) is 0 Å². The second kappa shape index (κ2) is 9.21. The lowest BCUT2D eigenvalue weighted by Gasteiger charge is -2.36. The molecule has 1 saturated heterocycles. The van der Waals surface area contributed by atoms with Crippen molar-refractivity contribution in [2.75, 3.05) is 24.1 Å². The maximum absolute atomic E-state index is 13.0. The van der Waals surface area contributed by atoms with Crippen LogP contribution in [0.15, 0.2) is 18.2 Å². The summed E-state index contributed by atoms with van der Waals surface area (Å²) in [6, 6.07) is 5.01. The Balaban J connectivity index is 2.16. The first-order chi connectivity index (χ1) is 12.7. The molecule has 1 aromatic rings. The fourth-order valence-corrected chi connectivity index (χ4v) is 3.94. The van der Waals surface area contributed by atoms with Crippen LogP contribution in [-0.4, -0.2) is 50.6 Å². The van der Waals surface area contributed by atoms with Crippen LogP contribution in [0.25, 0.3) is 0 Å². The summed E-state index contributed by atoms with van der Waals surface area (Å²) in [5, 5.41) is 0. The molecule has 8 heteroatoms. The van der Waals surface area contributed by atoms with Gasteiger partial charge in [-0.3, -0.25) is 14.3 Å². The molecule has 0 aromatic heterocycles. The van der Waals surface area contributed by atoms with E-state index >= 15 is 0 Å². The van der Waals surface area contributed by atoms with E-state index < -0.39 is 10.0 Å². The predicted octanol–water partition coefficient (Wildman–Crippen LogP) is 2.70. The van der Waals surface area contributed by atoms with E-state index in [-0.39, 0.29) is 24.3 Å². The van der Waals surface area contributed by atoms with Crippen molar-refractivity contribution in [2.24, 2.45) is 0 Å². The second-order valence-corrected chi connectivity index (χ2v) is 8.64. The lowest BCUT2D eigenvalue weighted by atomic mass is 9.96. The zero-order chi connectivity index (χ0) is 20.0. The number of benzene rings is 1. The average molecular weight is 397 g/mol. The second-order valence-electron chi connectivity index (χ2n) is 6.90. The quantitative estimate of drug-likeness (QED) is 0.716. The monoisotopic (exact) mass is 396 g/mol. The Bertz CT molecular complexity index is 791. The van der Waals surface area contributed by atoms with Gasteiger partial charge in [-0.1, -0.05) is 6.07 Å². The molecule has 1 amide bonds. The first-order valence-corrected chi connectivity index (χ1v) is 11.2. The zero-order valence-electron chi connectivity index (χ0n) is 16.2. The molecule has 0 radical (unpaired) electrons. The van der Waals surface area contributed by atoms with Crippen molar-refractivity contribution in [1.29, 1.82) is 0 Å². The molecule has 1 fully saturated rings. The number of piperidine rings is 1. The molecule has 0 aliphatic carbocycles. The average Bonchev–Trinajstić information content (AvgIpc) is 2.60. The predicted molar refractivity (Wildman–Crippen MR) is 104 cm³/mol. The Morgan fingerprint density at radius 3 is 2.70 bits per heavy atom. The molecule has 1 N–H and O–H groups in total. The fraction of sp³-hybridized carbons (Fsp3) is 0.579. The van der Waals surface area contributed by atoms with Crippen LogP contribution in [0, 0.1) is 6.92 Å². The highest BCUT2D eigenvalue weighted by atomic mass is 32.2. The van der Waals surface area contributed by atoms with Crippen molar-refractivity contribution >= 4 is 27.6 Å². The van der Waals surface area contributed by atoms with Gasteiger partial charge in [0.1, 0.15) is 0 Å². The highest BCUT2D eigenvalue weighted by molar-refractivity contribution is 7.92. The smallest absolute Gasteiger partial charge is 0.305 e. The Morgan fingerprint density at radius 1 is 1.30 bits per heavy atom. The highest BCUT2D eigenvalue weighted by Gasteiger charge is 2.28. The number of anilines is 1. The van der Waals surface area contributed by atoms with Crippen molar-refractivity contribution in [3.05, 3.63) is 29.3 Å². The van der Waals surface area contributed by atoms with Crippen LogP contribution in [0.2, 0.25) is 0 Å². The molecule has 150 valence electrons. The summed E-state index contributed by atoms with van der Waals surface area (Å²) in [6.07, 6.45) is 4.73. The van der Waals surface area contributed by atoms with Gasteiger partial charge < -0.3 is 9.64 Å². The molecule has 1 aromatic carbocycles. The summed E-state index contributed by atoms with van der Waals surface area (Å²) in [5.41, 5.74) is 1.59. The third-order valence-corrected chi connectivity index (χ3v) is 5.25. The van der Waals surface area contributed by atoms with Gasteiger partial charge in [-0.05, 0) is 57.2 Å². The molecule has 1 aliphatic rings. The van der Waals surface area contributed by atoms with Gasteiger partial charge in [-0.15, -0.1) is 0 Å². The van der Waals surface area contributed by atoms with E-state index in [1.54, 1.807) is 36.9 Å². The number of esters is 1. The van der Waals surface area contributed by atoms with Gasteiger partial charge in [0.2, 0.25) is 10.0 Å². The molecule has 2 rings (SSSR count). The van der Waals surface area contributed by atoms with E-state index in [9.17, 15) is 18.0 Å². The molecule has 0 unspecified atom stereocenters. The normalized spacial score (nSPS) is 17.4. The molecule has 7 nitrogen and oxygen atoms in total. The maximum Gasteiger partial charge on any atom is 0.305 e. The number of sulfonamides is 1. The number of rotatable bonds is 7. The largest absolute Gasteiger partial charge is 0.466 e. The van der Waals surface area contributed by atoms with Crippen LogP contribution >= 0.6 is 0 Å². The van der Waals surface area contributed by atoms with Crippen LogP contribution in [0.1, 0.15) is 54.9 Å². The summed E-state index contributed by atoms with van der Waals surface area (Å²) < 4.78 is 30.5. The number of carbonyl (C=O) groups excluding carboxylic acids is 2. The molecule has 27 heavy (non-hydrogen) atoms. The molecular weight excluding hydrogens is 368 g/mol. The number of likely N-dealkylation sites (tertiary alicyclic amines) is 1. The van der Waals surface area contributed by atoms with E-state index in [0.29, 0.717) is 30.8 Å². The number of hydrogen-bond acceptors (Lipinski definition) is 5. The van der Waals surface area contributed by atoms with Gasteiger partial charge in [0.05, 0.1) is 18.6 Å². The Labute approximate surface area is 161 Å². The summed E-state index contributed by atoms with van der Waals surface area (Å²) >= 11 is 0. The van der Waals surface area contributed by atoms with Gasteiger partial charge in [0.15, 0.2) is 0 Å². The van der Waals surface area contributed by atoms with E-state index in [1.807, 2.05) is 0 Å². The summed E-state index contributed by atoms with van der Waals surface area (Å²) in [7, 11) is -3.43. The molecule has 1 aliphatic heterocycles. The zero-order valence-corrected chi connectivity index (χ0v) is 17.0. The molecule has 0 bridgehead atoms. The number of carbonyl (C=O) groups is 2. The fourth-order valence-electron chi connectivity index (χ4n) is 3.32. The van der Waals surface area contributed by atoms with Crippen LogP contribution in [0.4, 0.5) is 5.69 Å². The minimum absolute atomic E-state index is 0.0109. The lowest BCUT2D eigenvalue weighted by Crippen LogP contribution is -2.44. The first-order valence-electron chi connectivity index (χ1n) is 9.26. The maximum atomic E-state index is 13.0. The van der Waals surface area contributed by atoms with E-state index in [4.69, 9.17) is 4.74 Å². The molecule has 1 heterocycles. The number of nitrogens with zero attached hydrogens (tertiary/aromatic N) is 1. The number of ether oxygens (including phenoxy) is 1. The minimum atomic E-state index is -3.43. The van der Waals surface area contributed by atoms with Gasteiger partial charge in [0, 0.05) is 24.6 Å². The molecule has 0 spiro atoms. The highest BCUT2D eigenvalue weighted by Crippen LogP contribution is 2.25. The molecular formula is C19H28N2O5S. The SMILES string of the molecule is CCOC(=O)CC[C@H]1CCCCN1C(=O)c1ccc(C)c(NS(C)(=O)=O)c1. The summed E-state index contributed by atoms with van der Waals surface area (Å²) in [6.45, 7) is 4.54. The van der Waals surface area contributed by atoms with Crippen molar-refractivity contribution in [3.63, 3.8) is 0 Å². The van der Waals surface area contributed by atoms with Crippen LogP contribution < -0.4 is 4.72 Å². The Hall–Kier alpha value is -2.09. The third kappa shape index (κ3) is 6.23. The van der Waals surface area contributed by atoms with Crippen molar-refractivity contribution in [1.82, 2.24) is 4.90 Å². The standard InChI is InChI=1S/C19H28N2O5S/c1-4-26-18(22)11-10-16-7-5-6-12-21(16)19(23)15-9-8-14(2)17(13-15)20-27(3,24)25/h8-9,13,16,20H,4-7,10-12H2,1-3H3/t16-/m1/s1. The first kappa shape index (κ1) is 21.2. The topological polar surface area (TPSA) is 92.8 Å². The van der Waals surface area contributed by atoms with Gasteiger partial charge in [-0.25, -0.2) is 8.42 Å². The number of nitrogens with one attached hydrogen (secondary N) is 1. The molecule has 0 saturated carbocycles. The van der Waals surface area contributed by atoms with Gasteiger partial charge >= 0.3 is 5.97 Å². The van der Waals surface area contributed by atoms with E-state index in [2.05, 4.69) is 4.72 Å². The van der Waals surface area contributed by atoms with Crippen molar-refractivity contribution in [2.45, 2.75) is 52.0 Å². The Kier molecular flexibility index (Phi) is 7.24.